The lowest BCUT2D eigenvalue weighted by Gasteiger charge is -2.04. The van der Waals surface area contributed by atoms with Crippen LogP contribution in [0.25, 0.3) is 0 Å². The molecule has 0 atom stereocenters. The van der Waals surface area contributed by atoms with Crippen molar-refractivity contribution in [2.45, 2.75) is 11.8 Å². The summed E-state index contributed by atoms with van der Waals surface area (Å²) in [6.07, 6.45) is 0. The Hall–Kier alpha value is -0.670. The molecule has 12 heavy (non-hydrogen) atoms. The Morgan fingerprint density at radius 2 is 2.25 bits per heavy atom. The van der Waals surface area contributed by atoms with Crippen molar-refractivity contribution in [2.75, 3.05) is 5.32 Å². The van der Waals surface area contributed by atoms with Crippen LogP contribution < -0.4 is 5.32 Å². The average molecular weight is 202 g/mol. The van der Waals surface area contributed by atoms with Gasteiger partial charge in [0.2, 0.25) is 5.91 Å². The third-order valence-corrected chi connectivity index (χ3v) is 1.85. The quantitative estimate of drug-likeness (QED) is 0.672. The number of hydrogen-bond acceptors (Lipinski definition) is 2. The van der Waals surface area contributed by atoms with Gasteiger partial charge in [0.05, 0.1) is 10.7 Å². The molecule has 0 bridgehead atoms. The molecule has 1 amide bonds. The zero-order valence-electron chi connectivity index (χ0n) is 6.47. The molecule has 0 spiro atoms. The van der Waals surface area contributed by atoms with Gasteiger partial charge in [-0.1, -0.05) is 11.6 Å². The van der Waals surface area contributed by atoms with Crippen molar-refractivity contribution < 1.29 is 4.79 Å². The summed E-state index contributed by atoms with van der Waals surface area (Å²) in [6, 6.07) is 5.16. The highest BCUT2D eigenvalue weighted by Gasteiger charge is 2.00. The summed E-state index contributed by atoms with van der Waals surface area (Å²) in [5.74, 6) is -0.135. The van der Waals surface area contributed by atoms with E-state index >= 15 is 0 Å². The Morgan fingerprint density at radius 1 is 1.58 bits per heavy atom. The zero-order chi connectivity index (χ0) is 9.14. The molecular formula is C8H8ClNOS. The summed E-state index contributed by atoms with van der Waals surface area (Å²) in [5.41, 5.74) is 0.613. The molecule has 1 aromatic rings. The second-order valence-corrected chi connectivity index (χ2v) is 3.27. The van der Waals surface area contributed by atoms with Gasteiger partial charge in [0.25, 0.3) is 0 Å². The molecule has 0 unspecified atom stereocenters. The third-order valence-electron chi connectivity index (χ3n) is 1.26. The lowest BCUT2D eigenvalue weighted by Crippen LogP contribution is -2.05. The van der Waals surface area contributed by atoms with Gasteiger partial charge in [0.15, 0.2) is 0 Å². The van der Waals surface area contributed by atoms with Crippen molar-refractivity contribution >= 4 is 35.8 Å². The lowest BCUT2D eigenvalue weighted by atomic mass is 10.3. The Kier molecular flexibility index (Phi) is 3.00. The first kappa shape index (κ1) is 9.42. The minimum Gasteiger partial charge on any atom is -0.325 e. The maximum absolute atomic E-state index is 10.7. The number of carbonyl (C=O) groups is 1. The molecule has 0 saturated carbocycles. The number of rotatable bonds is 1. The fourth-order valence-electron chi connectivity index (χ4n) is 0.795. The van der Waals surface area contributed by atoms with Crippen LogP contribution in [-0.2, 0) is 4.79 Å². The van der Waals surface area contributed by atoms with E-state index in [0.717, 1.165) is 4.90 Å². The topological polar surface area (TPSA) is 29.1 Å². The van der Waals surface area contributed by atoms with E-state index in [1.54, 1.807) is 18.2 Å². The maximum Gasteiger partial charge on any atom is 0.221 e. The van der Waals surface area contributed by atoms with Crippen molar-refractivity contribution in [1.82, 2.24) is 0 Å². The standard InChI is InChI=1S/C8H8ClNOS/c1-5(11)10-8-3-2-6(12)4-7(8)9/h2-4,12H,1H3,(H,10,11). The highest BCUT2D eigenvalue weighted by atomic mass is 35.5. The van der Waals surface area contributed by atoms with Crippen molar-refractivity contribution in [3.63, 3.8) is 0 Å². The average Bonchev–Trinajstić information content (AvgIpc) is 1.94. The van der Waals surface area contributed by atoms with E-state index in [1.165, 1.54) is 6.92 Å². The monoisotopic (exact) mass is 201 g/mol. The summed E-state index contributed by atoms with van der Waals surface area (Å²) >= 11 is 9.90. The second-order valence-electron chi connectivity index (χ2n) is 2.35. The van der Waals surface area contributed by atoms with Crippen LogP contribution in [0.1, 0.15) is 6.92 Å². The van der Waals surface area contributed by atoms with Gasteiger partial charge in [0.1, 0.15) is 0 Å². The van der Waals surface area contributed by atoms with Crippen LogP contribution >= 0.6 is 24.2 Å². The molecule has 0 fully saturated rings. The Morgan fingerprint density at radius 3 is 2.75 bits per heavy atom. The van der Waals surface area contributed by atoms with Crippen LogP contribution in [0.15, 0.2) is 23.1 Å². The molecule has 2 nitrogen and oxygen atoms in total. The van der Waals surface area contributed by atoms with E-state index < -0.39 is 0 Å². The molecule has 0 aliphatic rings. The third kappa shape index (κ3) is 2.43. The molecular weight excluding hydrogens is 194 g/mol. The number of thiol groups is 1. The minimum atomic E-state index is -0.135. The smallest absolute Gasteiger partial charge is 0.221 e. The molecule has 1 N–H and O–H groups in total. The van der Waals surface area contributed by atoms with Gasteiger partial charge in [0, 0.05) is 11.8 Å². The zero-order valence-corrected chi connectivity index (χ0v) is 8.12. The molecule has 0 radical (unpaired) electrons. The Balaban J connectivity index is 2.93. The number of hydrogen-bond donors (Lipinski definition) is 2. The van der Waals surface area contributed by atoms with Crippen LogP contribution in [0.4, 0.5) is 5.69 Å². The van der Waals surface area contributed by atoms with E-state index in [-0.39, 0.29) is 5.91 Å². The van der Waals surface area contributed by atoms with Crippen molar-refractivity contribution in [3.05, 3.63) is 23.2 Å². The number of amides is 1. The lowest BCUT2D eigenvalue weighted by molar-refractivity contribution is -0.114. The molecule has 0 aromatic heterocycles. The van der Waals surface area contributed by atoms with Crippen molar-refractivity contribution in [1.29, 1.82) is 0 Å². The number of anilines is 1. The number of carbonyl (C=O) groups excluding carboxylic acids is 1. The molecule has 0 aliphatic carbocycles. The van der Waals surface area contributed by atoms with Crippen LogP contribution in [0.5, 0.6) is 0 Å². The first-order valence-electron chi connectivity index (χ1n) is 3.35. The minimum absolute atomic E-state index is 0.135. The maximum atomic E-state index is 10.7. The molecule has 0 aliphatic heterocycles. The van der Waals surface area contributed by atoms with Gasteiger partial charge in [-0.05, 0) is 18.2 Å². The molecule has 1 aromatic carbocycles. The largest absolute Gasteiger partial charge is 0.325 e. The van der Waals surface area contributed by atoms with Crippen LogP contribution in [0.2, 0.25) is 5.02 Å². The van der Waals surface area contributed by atoms with E-state index in [9.17, 15) is 4.79 Å². The number of benzene rings is 1. The van der Waals surface area contributed by atoms with E-state index in [0.29, 0.717) is 10.7 Å². The fraction of sp³-hybridized carbons (Fsp3) is 0.125. The van der Waals surface area contributed by atoms with Gasteiger partial charge >= 0.3 is 0 Å². The highest BCUT2D eigenvalue weighted by molar-refractivity contribution is 7.80. The highest BCUT2D eigenvalue weighted by Crippen LogP contribution is 2.24. The van der Waals surface area contributed by atoms with Crippen molar-refractivity contribution in [2.24, 2.45) is 0 Å². The molecule has 64 valence electrons. The molecule has 1 rings (SSSR count). The fourth-order valence-corrected chi connectivity index (χ4v) is 1.30. The van der Waals surface area contributed by atoms with E-state index in [1.807, 2.05) is 0 Å². The van der Waals surface area contributed by atoms with Gasteiger partial charge in [-0.2, -0.15) is 0 Å². The van der Waals surface area contributed by atoms with E-state index in [2.05, 4.69) is 17.9 Å². The van der Waals surface area contributed by atoms with Crippen LogP contribution in [0.3, 0.4) is 0 Å². The molecule has 0 saturated heterocycles. The van der Waals surface area contributed by atoms with E-state index in [4.69, 9.17) is 11.6 Å². The predicted molar refractivity (Wildman–Crippen MR) is 53.0 cm³/mol. The summed E-state index contributed by atoms with van der Waals surface area (Å²) < 4.78 is 0. The van der Waals surface area contributed by atoms with Gasteiger partial charge < -0.3 is 5.32 Å². The Labute approximate surface area is 81.3 Å². The number of nitrogens with one attached hydrogen (secondary N) is 1. The Bertz CT molecular complexity index is 314. The predicted octanol–water partition coefficient (Wildman–Crippen LogP) is 2.59. The summed E-state index contributed by atoms with van der Waals surface area (Å²) in [4.78, 5) is 11.4. The second kappa shape index (κ2) is 3.83. The van der Waals surface area contributed by atoms with Crippen molar-refractivity contribution in [3.8, 4) is 0 Å². The number of halogens is 1. The van der Waals surface area contributed by atoms with Gasteiger partial charge in [-0.3, -0.25) is 4.79 Å². The summed E-state index contributed by atoms with van der Waals surface area (Å²) in [7, 11) is 0. The van der Waals surface area contributed by atoms with Crippen LogP contribution in [-0.4, -0.2) is 5.91 Å². The molecule has 4 heteroatoms. The van der Waals surface area contributed by atoms with Gasteiger partial charge in [-0.15, -0.1) is 12.6 Å². The summed E-state index contributed by atoms with van der Waals surface area (Å²) in [6.45, 7) is 1.44. The van der Waals surface area contributed by atoms with Crippen LogP contribution in [0, 0.1) is 0 Å². The first-order chi connectivity index (χ1) is 5.59. The SMILES string of the molecule is CC(=O)Nc1ccc(S)cc1Cl. The molecule has 0 heterocycles. The summed E-state index contributed by atoms with van der Waals surface area (Å²) in [5, 5.41) is 3.09. The van der Waals surface area contributed by atoms with Gasteiger partial charge in [-0.25, -0.2) is 0 Å². The normalized spacial score (nSPS) is 9.58. The first-order valence-corrected chi connectivity index (χ1v) is 4.18.